The fourth-order valence-electron chi connectivity index (χ4n) is 2.03. The van der Waals surface area contributed by atoms with Gasteiger partial charge in [-0.2, -0.15) is 0 Å². The molecule has 1 amide bonds. The minimum absolute atomic E-state index is 0.223. The topological polar surface area (TPSA) is 79.3 Å². The zero-order chi connectivity index (χ0) is 15.5. The number of hydrogen-bond acceptors (Lipinski definition) is 3. The van der Waals surface area contributed by atoms with Gasteiger partial charge in [-0.05, 0) is 31.0 Å². The van der Waals surface area contributed by atoms with Gasteiger partial charge in [0.2, 0.25) is 0 Å². The zero-order valence-corrected chi connectivity index (χ0v) is 11.8. The van der Waals surface area contributed by atoms with E-state index in [4.69, 9.17) is 0 Å². The molecule has 0 aliphatic carbocycles. The molecule has 0 aliphatic heterocycles. The molecule has 108 valence electrons. The van der Waals surface area contributed by atoms with Crippen LogP contribution in [0, 0.1) is 6.92 Å². The van der Waals surface area contributed by atoms with Crippen molar-refractivity contribution in [1.29, 1.82) is 0 Å². The summed E-state index contributed by atoms with van der Waals surface area (Å²) in [6.07, 6.45) is 1.50. The maximum absolute atomic E-state index is 12.3. The summed E-state index contributed by atoms with van der Waals surface area (Å²) in [5.41, 5.74) is -0.0985. The van der Waals surface area contributed by atoms with Crippen LogP contribution in [0.1, 0.15) is 28.5 Å². The number of carboxylic acids is 1. The van der Waals surface area contributed by atoms with Crippen LogP contribution in [0.5, 0.6) is 0 Å². The fourth-order valence-corrected chi connectivity index (χ4v) is 2.03. The van der Waals surface area contributed by atoms with Gasteiger partial charge in [-0.25, -0.2) is 4.79 Å². The van der Waals surface area contributed by atoms with Crippen LogP contribution in [0.15, 0.2) is 48.7 Å². The fraction of sp³-hybridized carbons (Fsp3) is 0.188. The Morgan fingerprint density at radius 1 is 1.14 bits per heavy atom. The highest BCUT2D eigenvalue weighted by atomic mass is 16.4. The quantitative estimate of drug-likeness (QED) is 0.901. The molecule has 0 aliphatic rings. The smallest absolute Gasteiger partial charge is 0.333 e. The summed E-state index contributed by atoms with van der Waals surface area (Å²) in [5.74, 6) is -1.64. The number of pyridine rings is 1. The van der Waals surface area contributed by atoms with E-state index in [1.54, 1.807) is 49.4 Å². The first-order valence-corrected chi connectivity index (χ1v) is 6.48. The number of nitrogens with one attached hydrogen (secondary N) is 1. The lowest BCUT2D eigenvalue weighted by Crippen LogP contribution is -2.49. The molecule has 2 aromatic rings. The second-order valence-electron chi connectivity index (χ2n) is 4.92. The average molecular weight is 284 g/mol. The van der Waals surface area contributed by atoms with Crippen LogP contribution in [0.2, 0.25) is 0 Å². The Morgan fingerprint density at radius 2 is 1.81 bits per heavy atom. The molecule has 1 aromatic carbocycles. The van der Waals surface area contributed by atoms with Crippen molar-refractivity contribution >= 4 is 11.9 Å². The number of nitrogens with zero attached hydrogens (tertiary/aromatic N) is 1. The highest BCUT2D eigenvalue weighted by Crippen LogP contribution is 2.21. The summed E-state index contributed by atoms with van der Waals surface area (Å²) in [5, 5.41) is 12.1. The zero-order valence-electron chi connectivity index (χ0n) is 11.8. The number of aromatic nitrogens is 1. The number of carbonyl (C=O) groups is 2. The Bertz CT molecular complexity index is 670. The summed E-state index contributed by atoms with van der Waals surface area (Å²) in [6, 6.07) is 12.1. The summed E-state index contributed by atoms with van der Waals surface area (Å²) in [6.45, 7) is 3.21. The van der Waals surface area contributed by atoms with E-state index in [1.165, 1.54) is 13.1 Å². The number of carbonyl (C=O) groups excluding carboxylic acids is 1. The van der Waals surface area contributed by atoms with Gasteiger partial charge >= 0.3 is 5.97 Å². The first-order valence-electron chi connectivity index (χ1n) is 6.48. The molecule has 2 rings (SSSR count). The molecule has 5 nitrogen and oxygen atoms in total. The van der Waals surface area contributed by atoms with Crippen molar-refractivity contribution in [3.63, 3.8) is 0 Å². The third-order valence-electron chi connectivity index (χ3n) is 3.37. The van der Waals surface area contributed by atoms with E-state index in [0.29, 0.717) is 11.1 Å². The van der Waals surface area contributed by atoms with Crippen LogP contribution in [0.3, 0.4) is 0 Å². The molecule has 0 saturated carbocycles. The average Bonchev–Trinajstić information content (AvgIpc) is 2.48. The van der Waals surface area contributed by atoms with E-state index in [-0.39, 0.29) is 5.69 Å². The van der Waals surface area contributed by atoms with E-state index >= 15 is 0 Å². The standard InChI is InChI=1S/C16H16N2O3/c1-11-7-6-10-17-13(11)14(19)18-16(2,15(20)21)12-8-4-3-5-9-12/h3-10H,1-2H3,(H,18,19)(H,20,21). The van der Waals surface area contributed by atoms with Crippen LogP contribution in [0.25, 0.3) is 0 Å². The Hall–Kier alpha value is -2.69. The Kier molecular flexibility index (Phi) is 4.03. The van der Waals surface area contributed by atoms with Crippen LogP contribution in [0.4, 0.5) is 0 Å². The first-order chi connectivity index (χ1) is 9.95. The minimum Gasteiger partial charge on any atom is -0.479 e. The molecule has 1 heterocycles. The third kappa shape index (κ3) is 2.91. The third-order valence-corrected chi connectivity index (χ3v) is 3.37. The molecular weight excluding hydrogens is 268 g/mol. The van der Waals surface area contributed by atoms with Gasteiger partial charge in [-0.1, -0.05) is 36.4 Å². The van der Waals surface area contributed by atoms with Gasteiger partial charge in [-0.3, -0.25) is 9.78 Å². The Morgan fingerprint density at radius 3 is 2.38 bits per heavy atom. The monoisotopic (exact) mass is 284 g/mol. The maximum atomic E-state index is 12.3. The number of carboxylic acid groups (broad SMARTS) is 1. The molecule has 0 bridgehead atoms. The van der Waals surface area contributed by atoms with Gasteiger partial charge in [0.15, 0.2) is 5.54 Å². The molecular formula is C16H16N2O3. The Balaban J connectivity index is 2.36. The predicted octanol–water partition coefficient (Wildman–Crippen LogP) is 2.12. The number of rotatable bonds is 4. The second kappa shape index (κ2) is 5.75. The van der Waals surface area contributed by atoms with Gasteiger partial charge in [0.25, 0.3) is 5.91 Å². The summed E-state index contributed by atoms with van der Waals surface area (Å²) < 4.78 is 0. The highest BCUT2D eigenvalue weighted by Gasteiger charge is 2.37. The van der Waals surface area contributed by atoms with Crippen molar-refractivity contribution in [3.8, 4) is 0 Å². The first kappa shape index (κ1) is 14.7. The van der Waals surface area contributed by atoms with Crippen LogP contribution in [-0.2, 0) is 10.3 Å². The van der Waals surface area contributed by atoms with Gasteiger partial charge in [0.05, 0.1) is 0 Å². The number of aliphatic carboxylic acids is 1. The molecule has 0 radical (unpaired) electrons. The van der Waals surface area contributed by atoms with Crippen molar-refractivity contribution in [2.45, 2.75) is 19.4 Å². The van der Waals surface area contributed by atoms with Gasteiger partial charge in [0.1, 0.15) is 5.69 Å². The van der Waals surface area contributed by atoms with E-state index < -0.39 is 17.4 Å². The van der Waals surface area contributed by atoms with Crippen LogP contribution < -0.4 is 5.32 Å². The lowest BCUT2D eigenvalue weighted by Gasteiger charge is -2.26. The molecule has 21 heavy (non-hydrogen) atoms. The summed E-state index contributed by atoms with van der Waals surface area (Å²) in [7, 11) is 0. The molecule has 1 unspecified atom stereocenters. The summed E-state index contributed by atoms with van der Waals surface area (Å²) in [4.78, 5) is 28.0. The van der Waals surface area contributed by atoms with E-state index in [2.05, 4.69) is 10.3 Å². The van der Waals surface area contributed by atoms with Gasteiger partial charge < -0.3 is 10.4 Å². The molecule has 1 aromatic heterocycles. The van der Waals surface area contributed by atoms with Crippen molar-refractivity contribution < 1.29 is 14.7 Å². The Labute approximate surface area is 122 Å². The van der Waals surface area contributed by atoms with E-state index in [1.807, 2.05) is 0 Å². The SMILES string of the molecule is Cc1cccnc1C(=O)NC(C)(C(=O)O)c1ccccc1. The molecule has 0 saturated heterocycles. The molecule has 0 fully saturated rings. The summed E-state index contributed by atoms with van der Waals surface area (Å²) >= 11 is 0. The molecule has 2 N–H and O–H groups in total. The maximum Gasteiger partial charge on any atom is 0.333 e. The van der Waals surface area contributed by atoms with Crippen molar-refractivity contribution in [3.05, 3.63) is 65.5 Å². The van der Waals surface area contributed by atoms with Gasteiger partial charge in [0, 0.05) is 6.20 Å². The number of amides is 1. The highest BCUT2D eigenvalue weighted by molar-refractivity contribution is 5.97. The number of hydrogen-bond donors (Lipinski definition) is 2. The largest absolute Gasteiger partial charge is 0.479 e. The lowest BCUT2D eigenvalue weighted by molar-refractivity contribution is -0.144. The number of benzene rings is 1. The minimum atomic E-state index is -1.51. The molecule has 1 atom stereocenters. The van der Waals surface area contributed by atoms with Crippen LogP contribution >= 0.6 is 0 Å². The molecule has 5 heteroatoms. The van der Waals surface area contributed by atoms with Crippen LogP contribution in [-0.4, -0.2) is 22.0 Å². The number of aryl methyl sites for hydroxylation is 1. The molecule has 0 spiro atoms. The van der Waals surface area contributed by atoms with E-state index in [0.717, 1.165) is 0 Å². The predicted molar refractivity (Wildman–Crippen MR) is 77.9 cm³/mol. The van der Waals surface area contributed by atoms with Crippen molar-refractivity contribution in [2.75, 3.05) is 0 Å². The lowest BCUT2D eigenvalue weighted by atomic mass is 9.91. The van der Waals surface area contributed by atoms with Gasteiger partial charge in [-0.15, -0.1) is 0 Å². The van der Waals surface area contributed by atoms with E-state index in [9.17, 15) is 14.7 Å². The normalized spacial score (nSPS) is 13.2. The second-order valence-corrected chi connectivity index (χ2v) is 4.92. The van der Waals surface area contributed by atoms with Crippen molar-refractivity contribution in [2.24, 2.45) is 0 Å². The van der Waals surface area contributed by atoms with Crippen molar-refractivity contribution in [1.82, 2.24) is 10.3 Å².